The van der Waals surface area contributed by atoms with E-state index in [0.29, 0.717) is 24.5 Å². The topological polar surface area (TPSA) is 96.0 Å². The van der Waals surface area contributed by atoms with Crippen LogP contribution < -0.4 is 10.1 Å². The van der Waals surface area contributed by atoms with Gasteiger partial charge in [0.15, 0.2) is 6.61 Å². The molecule has 2 amide bonds. The lowest BCUT2D eigenvalue weighted by Gasteiger charge is -2.33. The summed E-state index contributed by atoms with van der Waals surface area (Å²) in [4.78, 5) is 24.6. The van der Waals surface area contributed by atoms with E-state index in [1.54, 1.807) is 4.90 Å². The summed E-state index contributed by atoms with van der Waals surface area (Å²) in [6.07, 6.45) is 1.22. The Hall–Kier alpha value is -2.39. The molecule has 1 N–H and O–H groups in total. The van der Waals surface area contributed by atoms with Crippen molar-refractivity contribution in [1.82, 2.24) is 9.21 Å². The average molecular weight is 351 g/mol. The number of nitrogens with one attached hydrogen (secondary N) is 1. The van der Waals surface area contributed by atoms with Crippen LogP contribution in [0.3, 0.4) is 0 Å². The standard InChI is InChI=1S/C15H17N3O5S/c1-2-15(20)17-5-7-18(8-6-17)24(21,22)11-3-4-13-12(9-11)16-14(19)10-23-13/h2-4,9H,1,5-8,10H2,(H,16,19). The molecule has 2 aliphatic rings. The maximum absolute atomic E-state index is 12.7. The summed E-state index contributed by atoms with van der Waals surface area (Å²) in [7, 11) is -3.71. The van der Waals surface area contributed by atoms with E-state index >= 15 is 0 Å². The minimum atomic E-state index is -3.71. The molecule has 0 radical (unpaired) electrons. The van der Waals surface area contributed by atoms with E-state index in [0.717, 1.165) is 0 Å². The number of rotatable bonds is 3. The van der Waals surface area contributed by atoms with E-state index in [2.05, 4.69) is 11.9 Å². The largest absolute Gasteiger partial charge is 0.482 e. The second-order valence-corrected chi connectivity index (χ2v) is 7.37. The molecular weight excluding hydrogens is 334 g/mol. The summed E-state index contributed by atoms with van der Waals surface area (Å²) >= 11 is 0. The van der Waals surface area contributed by atoms with Crippen LogP contribution in [0.25, 0.3) is 0 Å². The number of carbonyl (C=O) groups excluding carboxylic acids is 2. The molecule has 3 rings (SSSR count). The molecule has 2 aliphatic heterocycles. The van der Waals surface area contributed by atoms with Crippen molar-refractivity contribution in [2.45, 2.75) is 4.90 Å². The zero-order valence-corrected chi connectivity index (χ0v) is 13.7. The zero-order valence-electron chi connectivity index (χ0n) is 12.9. The number of ether oxygens (including phenoxy) is 1. The van der Waals surface area contributed by atoms with Crippen molar-refractivity contribution in [3.05, 3.63) is 30.9 Å². The number of anilines is 1. The van der Waals surface area contributed by atoms with Crippen molar-refractivity contribution < 1.29 is 22.7 Å². The third kappa shape index (κ3) is 3.00. The summed E-state index contributed by atoms with van der Waals surface area (Å²) < 4.78 is 32.1. The predicted molar refractivity (Wildman–Crippen MR) is 86.1 cm³/mol. The number of hydrogen-bond donors (Lipinski definition) is 1. The normalized spacial score (nSPS) is 18.3. The second kappa shape index (κ2) is 6.25. The fraction of sp³-hybridized carbons (Fsp3) is 0.333. The highest BCUT2D eigenvalue weighted by atomic mass is 32.2. The minimum absolute atomic E-state index is 0.0792. The van der Waals surface area contributed by atoms with Crippen LogP contribution in [0, 0.1) is 0 Å². The number of carbonyl (C=O) groups is 2. The fourth-order valence-electron chi connectivity index (χ4n) is 2.65. The van der Waals surface area contributed by atoms with Gasteiger partial charge in [-0.05, 0) is 24.3 Å². The molecule has 128 valence electrons. The second-order valence-electron chi connectivity index (χ2n) is 5.43. The smallest absolute Gasteiger partial charge is 0.262 e. The molecule has 9 heteroatoms. The Bertz CT molecular complexity index is 797. The Morgan fingerprint density at radius 2 is 1.96 bits per heavy atom. The lowest BCUT2D eigenvalue weighted by atomic mass is 10.2. The number of benzene rings is 1. The molecule has 0 unspecified atom stereocenters. The Morgan fingerprint density at radius 1 is 1.25 bits per heavy atom. The van der Waals surface area contributed by atoms with E-state index in [9.17, 15) is 18.0 Å². The molecule has 24 heavy (non-hydrogen) atoms. The van der Waals surface area contributed by atoms with Gasteiger partial charge in [-0.1, -0.05) is 6.58 Å². The average Bonchev–Trinajstić information content (AvgIpc) is 2.60. The fourth-order valence-corrected chi connectivity index (χ4v) is 4.10. The van der Waals surface area contributed by atoms with Gasteiger partial charge in [-0.15, -0.1) is 0 Å². The lowest BCUT2D eigenvalue weighted by Crippen LogP contribution is -2.50. The van der Waals surface area contributed by atoms with Crippen LogP contribution in [0.1, 0.15) is 0 Å². The number of piperazine rings is 1. The minimum Gasteiger partial charge on any atom is -0.482 e. The van der Waals surface area contributed by atoms with Crippen molar-refractivity contribution in [3.63, 3.8) is 0 Å². The molecule has 1 aromatic carbocycles. The van der Waals surface area contributed by atoms with Crippen LogP contribution >= 0.6 is 0 Å². The molecule has 1 fully saturated rings. The van der Waals surface area contributed by atoms with Crippen molar-refractivity contribution in [3.8, 4) is 5.75 Å². The van der Waals surface area contributed by atoms with Crippen LogP contribution in [0.2, 0.25) is 0 Å². The lowest BCUT2D eigenvalue weighted by molar-refractivity contribution is -0.127. The van der Waals surface area contributed by atoms with Crippen molar-refractivity contribution >= 4 is 27.5 Å². The van der Waals surface area contributed by atoms with Gasteiger partial charge >= 0.3 is 0 Å². The van der Waals surface area contributed by atoms with Gasteiger partial charge < -0.3 is 15.0 Å². The molecule has 1 aromatic rings. The highest BCUT2D eigenvalue weighted by molar-refractivity contribution is 7.89. The van der Waals surface area contributed by atoms with Gasteiger partial charge in [0.25, 0.3) is 5.91 Å². The summed E-state index contributed by atoms with van der Waals surface area (Å²) in [5.41, 5.74) is 0.341. The first-order chi connectivity index (χ1) is 11.4. The molecule has 0 aliphatic carbocycles. The van der Waals surface area contributed by atoms with E-state index in [1.807, 2.05) is 0 Å². The Labute approximate surface area is 139 Å². The van der Waals surface area contributed by atoms with Crippen molar-refractivity contribution in [2.75, 3.05) is 38.1 Å². The summed E-state index contributed by atoms with van der Waals surface area (Å²) in [5, 5.41) is 2.59. The molecule has 8 nitrogen and oxygen atoms in total. The third-order valence-electron chi connectivity index (χ3n) is 3.95. The Kier molecular flexibility index (Phi) is 4.29. The number of hydrogen-bond acceptors (Lipinski definition) is 5. The van der Waals surface area contributed by atoms with E-state index in [-0.39, 0.29) is 36.4 Å². The summed E-state index contributed by atoms with van der Waals surface area (Å²) in [6.45, 7) is 4.39. The van der Waals surface area contributed by atoms with Gasteiger partial charge in [0, 0.05) is 26.2 Å². The van der Waals surface area contributed by atoms with Crippen LogP contribution in [-0.2, 0) is 19.6 Å². The van der Waals surface area contributed by atoms with Gasteiger partial charge in [0.2, 0.25) is 15.9 Å². The van der Waals surface area contributed by atoms with Crippen molar-refractivity contribution in [1.29, 1.82) is 0 Å². The van der Waals surface area contributed by atoms with Gasteiger partial charge in [-0.2, -0.15) is 4.31 Å². The van der Waals surface area contributed by atoms with Crippen LogP contribution in [0.15, 0.2) is 35.7 Å². The maximum Gasteiger partial charge on any atom is 0.262 e. The quantitative estimate of drug-likeness (QED) is 0.776. The van der Waals surface area contributed by atoms with Gasteiger partial charge in [0.05, 0.1) is 10.6 Å². The number of sulfonamides is 1. The zero-order chi connectivity index (χ0) is 17.3. The van der Waals surface area contributed by atoms with E-state index < -0.39 is 10.0 Å². The number of nitrogens with zero attached hydrogens (tertiary/aromatic N) is 2. The van der Waals surface area contributed by atoms with E-state index in [4.69, 9.17) is 4.74 Å². The summed E-state index contributed by atoms with van der Waals surface area (Å²) in [6, 6.07) is 4.37. The highest BCUT2D eigenvalue weighted by Crippen LogP contribution is 2.31. The van der Waals surface area contributed by atoms with Crippen LogP contribution in [-0.4, -0.2) is 62.2 Å². The molecule has 0 bridgehead atoms. The first-order valence-corrected chi connectivity index (χ1v) is 8.84. The monoisotopic (exact) mass is 351 g/mol. The molecular formula is C15H17N3O5S. The maximum atomic E-state index is 12.7. The van der Waals surface area contributed by atoms with Gasteiger partial charge in [-0.3, -0.25) is 9.59 Å². The molecule has 0 saturated carbocycles. The van der Waals surface area contributed by atoms with Crippen LogP contribution in [0.5, 0.6) is 5.75 Å². The van der Waals surface area contributed by atoms with Gasteiger partial charge in [-0.25, -0.2) is 8.42 Å². The number of fused-ring (bicyclic) bond motifs is 1. The Morgan fingerprint density at radius 3 is 2.62 bits per heavy atom. The third-order valence-corrected chi connectivity index (χ3v) is 5.84. The first-order valence-electron chi connectivity index (χ1n) is 7.40. The highest BCUT2D eigenvalue weighted by Gasteiger charge is 2.30. The van der Waals surface area contributed by atoms with Gasteiger partial charge in [0.1, 0.15) is 5.75 Å². The molecule has 1 saturated heterocycles. The SMILES string of the molecule is C=CC(=O)N1CCN(S(=O)(=O)c2ccc3c(c2)NC(=O)CO3)CC1. The van der Waals surface area contributed by atoms with Crippen LogP contribution in [0.4, 0.5) is 5.69 Å². The van der Waals surface area contributed by atoms with Crippen molar-refractivity contribution in [2.24, 2.45) is 0 Å². The number of amides is 2. The van der Waals surface area contributed by atoms with E-state index in [1.165, 1.54) is 28.6 Å². The Balaban J connectivity index is 1.79. The molecule has 0 aromatic heterocycles. The molecule has 0 atom stereocenters. The predicted octanol–water partition coefficient (Wildman–Crippen LogP) is 0.0364. The summed E-state index contributed by atoms with van der Waals surface area (Å²) in [5.74, 6) is -0.0933. The first kappa shape index (κ1) is 16.5. The molecule has 2 heterocycles. The molecule has 0 spiro atoms.